The standard InChI is InChI=1S/C26H45N7O13/c1-12(2)20(25(44)31-16(26(45)46)9-19(38)39)33-23(42)14(5-3-4-8-27)30-24(43)17(11-35)32-22(41)15(6-7-18(36)37)29-21(40)13(28)10-34/h12-17,20,34-35H,3-11,27-28H2,1-2H3,(H,29,40)(H,30,43)(H,31,44)(H,32,41)(H,33,42)(H,36,37)(H,38,39)(H,45,46)/t13-,14-,15-,16-,17-,20-/m0/s1. The Morgan fingerprint density at radius 3 is 1.59 bits per heavy atom. The van der Waals surface area contributed by atoms with Crippen LogP contribution in [0.2, 0.25) is 0 Å². The van der Waals surface area contributed by atoms with E-state index in [0.29, 0.717) is 12.8 Å². The van der Waals surface area contributed by atoms with Crippen LogP contribution in [0.1, 0.15) is 52.4 Å². The molecule has 0 heterocycles. The van der Waals surface area contributed by atoms with Gasteiger partial charge in [-0.25, -0.2) is 4.79 Å². The fourth-order valence-electron chi connectivity index (χ4n) is 3.82. The van der Waals surface area contributed by atoms with Crippen LogP contribution in [0.4, 0.5) is 0 Å². The monoisotopic (exact) mass is 663 g/mol. The number of carbonyl (C=O) groups excluding carboxylic acids is 5. The van der Waals surface area contributed by atoms with E-state index in [-0.39, 0.29) is 13.0 Å². The van der Waals surface area contributed by atoms with Gasteiger partial charge in [0.15, 0.2) is 0 Å². The summed E-state index contributed by atoms with van der Waals surface area (Å²) in [7, 11) is 0. The summed E-state index contributed by atoms with van der Waals surface area (Å²) < 4.78 is 0. The lowest BCUT2D eigenvalue weighted by Gasteiger charge is -2.27. The van der Waals surface area contributed by atoms with Gasteiger partial charge in [0.2, 0.25) is 29.5 Å². The number of amides is 5. The quantitative estimate of drug-likeness (QED) is 0.0455. The number of carboxylic acids is 3. The lowest BCUT2D eigenvalue weighted by molar-refractivity contribution is -0.147. The molecule has 20 heteroatoms. The zero-order valence-electron chi connectivity index (χ0n) is 25.6. The Balaban J connectivity index is 5.89. The Bertz CT molecular complexity index is 1090. The second-order valence-corrected chi connectivity index (χ2v) is 10.6. The van der Waals surface area contributed by atoms with E-state index in [9.17, 15) is 48.6 Å². The number of hydrogen-bond donors (Lipinski definition) is 12. The van der Waals surface area contributed by atoms with Crippen molar-refractivity contribution < 1.29 is 63.9 Å². The lowest BCUT2D eigenvalue weighted by Crippen LogP contribution is -2.60. The first-order valence-electron chi connectivity index (χ1n) is 14.3. The summed E-state index contributed by atoms with van der Waals surface area (Å²) in [5.74, 6) is -10.1. The number of aliphatic hydroxyl groups is 2. The van der Waals surface area contributed by atoms with Crippen molar-refractivity contribution in [2.45, 2.75) is 88.6 Å². The van der Waals surface area contributed by atoms with Gasteiger partial charge in [-0.05, 0) is 38.1 Å². The molecule has 6 atom stereocenters. The van der Waals surface area contributed by atoms with Gasteiger partial charge in [0.25, 0.3) is 0 Å². The second-order valence-electron chi connectivity index (χ2n) is 10.6. The molecule has 0 aliphatic heterocycles. The average Bonchev–Trinajstić information content (AvgIpc) is 2.98. The number of carbonyl (C=O) groups is 8. The highest BCUT2D eigenvalue weighted by Crippen LogP contribution is 2.08. The lowest BCUT2D eigenvalue weighted by atomic mass is 10.0. The van der Waals surface area contributed by atoms with E-state index in [0.717, 1.165) is 0 Å². The van der Waals surface area contributed by atoms with Gasteiger partial charge in [0, 0.05) is 6.42 Å². The number of aliphatic carboxylic acids is 3. The SMILES string of the molecule is CC(C)[C@H](NC(=O)[C@H](CCCCN)NC(=O)[C@H](CO)NC(=O)[C@H](CCC(=O)O)NC(=O)[C@@H](N)CO)C(=O)N[C@@H](CC(=O)O)C(=O)O. The maximum atomic E-state index is 13.3. The van der Waals surface area contributed by atoms with Crippen molar-refractivity contribution in [2.24, 2.45) is 17.4 Å². The van der Waals surface area contributed by atoms with Gasteiger partial charge in [-0.3, -0.25) is 33.6 Å². The topological polar surface area (TPSA) is 350 Å². The zero-order chi connectivity index (χ0) is 35.6. The van der Waals surface area contributed by atoms with Crippen LogP contribution in [0.25, 0.3) is 0 Å². The number of nitrogens with two attached hydrogens (primary N) is 2. The van der Waals surface area contributed by atoms with Crippen molar-refractivity contribution in [3.05, 3.63) is 0 Å². The van der Waals surface area contributed by atoms with E-state index in [1.54, 1.807) is 0 Å². The van der Waals surface area contributed by atoms with Crippen LogP contribution in [-0.4, -0.2) is 129 Å². The Hall–Kier alpha value is -4.40. The number of aliphatic hydroxyl groups excluding tert-OH is 2. The van der Waals surface area contributed by atoms with Gasteiger partial charge in [-0.15, -0.1) is 0 Å². The van der Waals surface area contributed by atoms with Crippen molar-refractivity contribution >= 4 is 47.4 Å². The van der Waals surface area contributed by atoms with Crippen molar-refractivity contribution in [1.82, 2.24) is 26.6 Å². The minimum atomic E-state index is -1.79. The molecule has 0 spiro atoms. The number of carboxylic acid groups (broad SMARTS) is 3. The first kappa shape index (κ1) is 41.6. The van der Waals surface area contributed by atoms with Crippen LogP contribution in [0.5, 0.6) is 0 Å². The Labute approximate surface area is 264 Å². The highest BCUT2D eigenvalue weighted by molar-refractivity contribution is 5.96. The molecule has 0 unspecified atom stereocenters. The molecule has 262 valence electrons. The van der Waals surface area contributed by atoms with Crippen LogP contribution in [0.3, 0.4) is 0 Å². The first-order chi connectivity index (χ1) is 21.5. The van der Waals surface area contributed by atoms with E-state index in [1.807, 2.05) is 0 Å². The van der Waals surface area contributed by atoms with Gasteiger partial charge >= 0.3 is 17.9 Å². The largest absolute Gasteiger partial charge is 0.481 e. The molecule has 0 aromatic carbocycles. The molecule has 0 aliphatic carbocycles. The molecule has 0 saturated carbocycles. The molecule has 0 saturated heterocycles. The number of rotatable bonds is 23. The summed E-state index contributed by atoms with van der Waals surface area (Å²) in [5, 5.41) is 57.2. The van der Waals surface area contributed by atoms with E-state index >= 15 is 0 Å². The van der Waals surface area contributed by atoms with E-state index in [4.69, 9.17) is 26.8 Å². The predicted octanol–water partition coefficient (Wildman–Crippen LogP) is -5.07. The van der Waals surface area contributed by atoms with E-state index < -0.39 is 122 Å². The van der Waals surface area contributed by atoms with Gasteiger partial charge in [-0.2, -0.15) is 0 Å². The van der Waals surface area contributed by atoms with E-state index in [2.05, 4.69) is 26.6 Å². The minimum Gasteiger partial charge on any atom is -0.481 e. The smallest absolute Gasteiger partial charge is 0.326 e. The van der Waals surface area contributed by atoms with Gasteiger partial charge < -0.3 is 63.6 Å². The Morgan fingerprint density at radius 1 is 0.609 bits per heavy atom. The summed E-state index contributed by atoms with van der Waals surface area (Å²) >= 11 is 0. The summed E-state index contributed by atoms with van der Waals surface area (Å²) in [5.41, 5.74) is 10.9. The maximum Gasteiger partial charge on any atom is 0.326 e. The normalized spacial score (nSPS) is 14.8. The number of nitrogens with one attached hydrogen (secondary N) is 5. The number of unbranched alkanes of at least 4 members (excludes halogenated alkanes) is 1. The predicted molar refractivity (Wildman–Crippen MR) is 156 cm³/mol. The second kappa shape index (κ2) is 21.4. The Morgan fingerprint density at radius 2 is 1.11 bits per heavy atom. The molecule has 14 N–H and O–H groups in total. The van der Waals surface area contributed by atoms with E-state index in [1.165, 1.54) is 13.8 Å². The molecule has 0 bridgehead atoms. The molecule has 0 aromatic heterocycles. The molecule has 46 heavy (non-hydrogen) atoms. The zero-order valence-corrected chi connectivity index (χ0v) is 25.6. The molecule has 0 aromatic rings. The van der Waals surface area contributed by atoms with Crippen molar-refractivity contribution in [2.75, 3.05) is 19.8 Å². The van der Waals surface area contributed by atoms with Gasteiger partial charge in [0.05, 0.1) is 19.6 Å². The van der Waals surface area contributed by atoms with Crippen LogP contribution in [-0.2, 0) is 38.4 Å². The summed E-state index contributed by atoms with van der Waals surface area (Å²) in [6.45, 7) is 1.49. The average molecular weight is 664 g/mol. The number of hydrogen-bond acceptors (Lipinski definition) is 12. The fourth-order valence-corrected chi connectivity index (χ4v) is 3.82. The summed E-state index contributed by atoms with van der Waals surface area (Å²) in [6.07, 6.45) is -1.26. The van der Waals surface area contributed by atoms with Crippen molar-refractivity contribution in [3.63, 3.8) is 0 Å². The van der Waals surface area contributed by atoms with Gasteiger partial charge in [-0.1, -0.05) is 13.8 Å². The molecule has 0 radical (unpaired) electrons. The molecular weight excluding hydrogens is 618 g/mol. The van der Waals surface area contributed by atoms with Crippen LogP contribution >= 0.6 is 0 Å². The van der Waals surface area contributed by atoms with Crippen molar-refractivity contribution in [1.29, 1.82) is 0 Å². The molecule has 5 amide bonds. The van der Waals surface area contributed by atoms with Crippen LogP contribution < -0.4 is 38.1 Å². The van der Waals surface area contributed by atoms with Gasteiger partial charge in [0.1, 0.15) is 36.3 Å². The highest BCUT2D eigenvalue weighted by atomic mass is 16.4. The maximum absolute atomic E-state index is 13.3. The molecular formula is C26H45N7O13. The van der Waals surface area contributed by atoms with Crippen LogP contribution in [0, 0.1) is 5.92 Å². The van der Waals surface area contributed by atoms with Crippen LogP contribution in [0.15, 0.2) is 0 Å². The molecule has 0 fully saturated rings. The molecule has 0 aliphatic rings. The third-order valence-electron chi connectivity index (χ3n) is 6.45. The first-order valence-corrected chi connectivity index (χ1v) is 14.3. The Kier molecular flexibility index (Phi) is 19.3. The third kappa shape index (κ3) is 15.5. The minimum absolute atomic E-state index is 0.0274. The molecule has 0 rings (SSSR count). The highest BCUT2D eigenvalue weighted by Gasteiger charge is 2.34. The van der Waals surface area contributed by atoms with Crippen molar-refractivity contribution in [3.8, 4) is 0 Å². The summed E-state index contributed by atoms with van der Waals surface area (Å²) in [6, 6.07) is -9.19. The molecule has 20 nitrogen and oxygen atoms in total. The fraction of sp³-hybridized carbons (Fsp3) is 0.692. The third-order valence-corrected chi connectivity index (χ3v) is 6.45. The summed E-state index contributed by atoms with van der Waals surface area (Å²) in [4.78, 5) is 97.6.